The number of rotatable bonds is 3. The first kappa shape index (κ1) is 9.86. The van der Waals surface area contributed by atoms with Crippen LogP contribution in [0.4, 0.5) is 0 Å². The zero-order valence-electron chi connectivity index (χ0n) is 6.40. The van der Waals surface area contributed by atoms with E-state index in [1.165, 1.54) is 11.8 Å². The second-order valence-electron chi connectivity index (χ2n) is 2.27. The second-order valence-corrected chi connectivity index (χ2v) is 3.95. The highest BCUT2D eigenvalue weighted by molar-refractivity contribution is 7.99. The molecule has 0 aliphatic carbocycles. The number of benzene rings is 1. The second kappa shape index (κ2) is 4.72. The summed E-state index contributed by atoms with van der Waals surface area (Å²) in [6.07, 6.45) is 0. The van der Waals surface area contributed by atoms with Gasteiger partial charge in [-0.05, 0) is 18.2 Å². The Kier molecular flexibility index (Phi) is 3.88. The minimum absolute atomic E-state index is 0.247. The van der Waals surface area contributed by atoms with E-state index >= 15 is 0 Å². The molecular weight excluding hydrogens is 194 g/mol. The van der Waals surface area contributed by atoms with Crippen LogP contribution < -0.4 is 5.73 Å². The third-order valence-corrected chi connectivity index (χ3v) is 2.50. The first-order valence-electron chi connectivity index (χ1n) is 3.52. The number of aliphatic hydroxyl groups excluding tert-OH is 1. The van der Waals surface area contributed by atoms with Gasteiger partial charge in [-0.15, -0.1) is 0 Å². The van der Waals surface area contributed by atoms with Crippen LogP contribution in [0.3, 0.4) is 0 Å². The van der Waals surface area contributed by atoms with Crippen LogP contribution in [-0.4, -0.2) is 17.1 Å². The SMILES string of the molecule is NCC(O)Sc1cccc(Cl)c1. The molecule has 1 rings (SSSR count). The Balaban J connectivity index is 2.63. The van der Waals surface area contributed by atoms with Gasteiger partial charge >= 0.3 is 0 Å². The molecule has 0 bridgehead atoms. The fraction of sp³-hybridized carbons (Fsp3) is 0.250. The summed E-state index contributed by atoms with van der Waals surface area (Å²) >= 11 is 7.05. The Labute approximate surface area is 80.7 Å². The van der Waals surface area contributed by atoms with Gasteiger partial charge in [0, 0.05) is 16.5 Å². The lowest BCUT2D eigenvalue weighted by Gasteiger charge is -2.06. The quantitative estimate of drug-likeness (QED) is 0.581. The standard InChI is InChI=1S/C8H10ClNOS/c9-6-2-1-3-7(4-6)12-8(11)5-10/h1-4,8,11H,5,10H2. The van der Waals surface area contributed by atoms with Gasteiger partial charge < -0.3 is 10.8 Å². The highest BCUT2D eigenvalue weighted by atomic mass is 35.5. The van der Waals surface area contributed by atoms with Gasteiger partial charge in [0.2, 0.25) is 0 Å². The lowest BCUT2D eigenvalue weighted by Crippen LogP contribution is -2.15. The van der Waals surface area contributed by atoms with Crippen molar-refractivity contribution in [1.29, 1.82) is 0 Å². The minimum atomic E-state index is -0.552. The predicted octanol–water partition coefficient (Wildman–Crippen LogP) is 1.71. The van der Waals surface area contributed by atoms with Crippen LogP contribution in [-0.2, 0) is 0 Å². The zero-order chi connectivity index (χ0) is 8.97. The molecule has 0 radical (unpaired) electrons. The average molecular weight is 204 g/mol. The van der Waals surface area contributed by atoms with Crippen molar-refractivity contribution in [2.75, 3.05) is 6.54 Å². The first-order valence-corrected chi connectivity index (χ1v) is 4.78. The van der Waals surface area contributed by atoms with Crippen molar-refractivity contribution in [3.63, 3.8) is 0 Å². The van der Waals surface area contributed by atoms with Gasteiger partial charge in [0.15, 0.2) is 0 Å². The Bertz CT molecular complexity index is 257. The molecule has 0 amide bonds. The lowest BCUT2D eigenvalue weighted by atomic mass is 10.4. The summed E-state index contributed by atoms with van der Waals surface area (Å²) in [5.74, 6) is 0. The minimum Gasteiger partial charge on any atom is -0.381 e. The molecule has 66 valence electrons. The number of hydrogen-bond donors (Lipinski definition) is 2. The molecule has 0 saturated carbocycles. The average Bonchev–Trinajstić information content (AvgIpc) is 2.04. The van der Waals surface area contributed by atoms with E-state index < -0.39 is 5.44 Å². The summed E-state index contributed by atoms with van der Waals surface area (Å²) in [5, 5.41) is 9.87. The molecule has 1 unspecified atom stereocenters. The Hall–Kier alpha value is -0.220. The molecular formula is C8H10ClNOS. The van der Waals surface area contributed by atoms with E-state index in [0.717, 1.165) is 4.90 Å². The van der Waals surface area contributed by atoms with Crippen LogP contribution in [0.5, 0.6) is 0 Å². The molecule has 0 spiro atoms. The van der Waals surface area contributed by atoms with Crippen molar-refractivity contribution in [3.05, 3.63) is 29.3 Å². The first-order chi connectivity index (χ1) is 5.72. The van der Waals surface area contributed by atoms with E-state index in [4.69, 9.17) is 17.3 Å². The number of halogens is 1. The zero-order valence-corrected chi connectivity index (χ0v) is 7.98. The Morgan fingerprint density at radius 2 is 2.33 bits per heavy atom. The van der Waals surface area contributed by atoms with Gasteiger partial charge in [-0.1, -0.05) is 29.4 Å². The maximum Gasteiger partial charge on any atom is 0.116 e. The van der Waals surface area contributed by atoms with Crippen molar-refractivity contribution >= 4 is 23.4 Å². The van der Waals surface area contributed by atoms with Gasteiger partial charge in [-0.25, -0.2) is 0 Å². The van der Waals surface area contributed by atoms with Crippen molar-refractivity contribution in [1.82, 2.24) is 0 Å². The molecule has 12 heavy (non-hydrogen) atoms. The number of hydrogen-bond acceptors (Lipinski definition) is 3. The Morgan fingerprint density at radius 1 is 1.58 bits per heavy atom. The van der Waals surface area contributed by atoms with Crippen molar-refractivity contribution in [2.24, 2.45) is 5.73 Å². The summed E-state index contributed by atoms with van der Waals surface area (Å²) in [6.45, 7) is 0.247. The lowest BCUT2D eigenvalue weighted by molar-refractivity contribution is 0.271. The number of nitrogens with two attached hydrogens (primary N) is 1. The summed E-state index contributed by atoms with van der Waals surface area (Å²) in [4.78, 5) is 0.931. The molecule has 0 saturated heterocycles. The van der Waals surface area contributed by atoms with Crippen LogP contribution in [0.15, 0.2) is 29.2 Å². The molecule has 1 aromatic carbocycles. The Morgan fingerprint density at radius 3 is 2.92 bits per heavy atom. The fourth-order valence-electron chi connectivity index (χ4n) is 0.746. The largest absolute Gasteiger partial charge is 0.381 e. The summed E-state index contributed by atoms with van der Waals surface area (Å²) in [6, 6.07) is 7.31. The highest BCUT2D eigenvalue weighted by Crippen LogP contribution is 2.23. The smallest absolute Gasteiger partial charge is 0.116 e. The maximum atomic E-state index is 9.20. The fourth-order valence-corrected chi connectivity index (χ4v) is 1.76. The monoisotopic (exact) mass is 203 g/mol. The summed E-state index contributed by atoms with van der Waals surface area (Å²) in [7, 11) is 0. The molecule has 0 aliphatic heterocycles. The summed E-state index contributed by atoms with van der Waals surface area (Å²) < 4.78 is 0. The van der Waals surface area contributed by atoms with Gasteiger partial charge in [0.1, 0.15) is 5.44 Å². The number of thioether (sulfide) groups is 1. The third kappa shape index (κ3) is 3.03. The van der Waals surface area contributed by atoms with E-state index in [2.05, 4.69) is 0 Å². The van der Waals surface area contributed by atoms with E-state index in [0.29, 0.717) is 5.02 Å². The molecule has 0 aliphatic rings. The normalized spacial score (nSPS) is 12.9. The van der Waals surface area contributed by atoms with Crippen LogP contribution in [0.2, 0.25) is 5.02 Å². The molecule has 3 N–H and O–H groups in total. The molecule has 0 fully saturated rings. The van der Waals surface area contributed by atoms with Crippen molar-refractivity contribution in [2.45, 2.75) is 10.3 Å². The van der Waals surface area contributed by atoms with E-state index in [9.17, 15) is 5.11 Å². The van der Waals surface area contributed by atoms with E-state index in [1.807, 2.05) is 12.1 Å². The maximum absolute atomic E-state index is 9.20. The van der Waals surface area contributed by atoms with Gasteiger partial charge in [-0.3, -0.25) is 0 Å². The molecule has 2 nitrogen and oxygen atoms in total. The van der Waals surface area contributed by atoms with Gasteiger partial charge in [0.25, 0.3) is 0 Å². The summed E-state index contributed by atoms with van der Waals surface area (Å²) in [5.41, 5.74) is 4.70. The molecule has 4 heteroatoms. The van der Waals surface area contributed by atoms with Gasteiger partial charge in [-0.2, -0.15) is 0 Å². The molecule has 0 heterocycles. The predicted molar refractivity (Wildman–Crippen MR) is 52.4 cm³/mol. The van der Waals surface area contributed by atoms with Gasteiger partial charge in [0.05, 0.1) is 0 Å². The highest BCUT2D eigenvalue weighted by Gasteiger charge is 2.02. The topological polar surface area (TPSA) is 46.2 Å². The van der Waals surface area contributed by atoms with Crippen molar-refractivity contribution < 1.29 is 5.11 Å². The van der Waals surface area contributed by atoms with Crippen LogP contribution in [0, 0.1) is 0 Å². The number of aliphatic hydroxyl groups is 1. The molecule has 0 aromatic heterocycles. The van der Waals surface area contributed by atoms with E-state index in [1.54, 1.807) is 12.1 Å². The van der Waals surface area contributed by atoms with Crippen LogP contribution >= 0.6 is 23.4 Å². The van der Waals surface area contributed by atoms with Crippen molar-refractivity contribution in [3.8, 4) is 0 Å². The van der Waals surface area contributed by atoms with Crippen LogP contribution in [0.1, 0.15) is 0 Å². The molecule has 1 aromatic rings. The molecule has 1 atom stereocenters. The van der Waals surface area contributed by atoms with Crippen LogP contribution in [0.25, 0.3) is 0 Å². The van der Waals surface area contributed by atoms with E-state index in [-0.39, 0.29) is 6.54 Å². The third-order valence-electron chi connectivity index (χ3n) is 1.27.